The minimum Gasteiger partial charge on any atom is -0.351 e. The molecule has 0 aliphatic carbocycles. The van der Waals surface area contributed by atoms with E-state index in [-0.39, 0.29) is 5.91 Å². The molecule has 2 heterocycles. The van der Waals surface area contributed by atoms with Gasteiger partial charge in [0.15, 0.2) is 0 Å². The summed E-state index contributed by atoms with van der Waals surface area (Å²) in [6.45, 7) is 2.40. The summed E-state index contributed by atoms with van der Waals surface area (Å²) in [6.07, 6.45) is 2.46. The Labute approximate surface area is 149 Å². The SMILES string of the molecule is Cc1nc(-c2ccc(Cl)cc2)sc1C(=O)NCCc1ccccn1. The fraction of sp³-hybridized carbons (Fsp3) is 0.167. The van der Waals surface area contributed by atoms with Crippen LogP contribution in [0.3, 0.4) is 0 Å². The lowest BCUT2D eigenvalue weighted by atomic mass is 10.2. The lowest BCUT2D eigenvalue weighted by Crippen LogP contribution is -2.25. The summed E-state index contributed by atoms with van der Waals surface area (Å²) in [4.78, 5) is 21.8. The number of nitrogens with zero attached hydrogens (tertiary/aromatic N) is 2. The van der Waals surface area contributed by atoms with Crippen LogP contribution in [0.4, 0.5) is 0 Å². The van der Waals surface area contributed by atoms with Crippen molar-refractivity contribution < 1.29 is 4.79 Å². The number of rotatable bonds is 5. The van der Waals surface area contributed by atoms with Gasteiger partial charge in [0.1, 0.15) is 9.88 Å². The van der Waals surface area contributed by atoms with Crippen LogP contribution in [0, 0.1) is 6.92 Å². The molecule has 122 valence electrons. The topological polar surface area (TPSA) is 54.9 Å². The van der Waals surface area contributed by atoms with E-state index in [2.05, 4.69) is 15.3 Å². The molecular weight excluding hydrogens is 342 g/mol. The van der Waals surface area contributed by atoms with Crippen molar-refractivity contribution in [3.05, 3.63) is 69.9 Å². The molecular formula is C18H16ClN3OS. The maximum Gasteiger partial charge on any atom is 0.263 e. The Morgan fingerprint density at radius 2 is 2.00 bits per heavy atom. The quantitative estimate of drug-likeness (QED) is 0.746. The third-order valence-electron chi connectivity index (χ3n) is 3.49. The molecule has 4 nitrogen and oxygen atoms in total. The molecule has 3 rings (SSSR count). The number of aryl methyl sites for hydroxylation is 1. The first-order valence-electron chi connectivity index (χ1n) is 7.55. The van der Waals surface area contributed by atoms with Gasteiger partial charge in [-0.1, -0.05) is 29.8 Å². The van der Waals surface area contributed by atoms with E-state index in [9.17, 15) is 4.79 Å². The second-order valence-corrected chi connectivity index (χ2v) is 6.70. The number of hydrogen-bond acceptors (Lipinski definition) is 4. The zero-order valence-corrected chi connectivity index (χ0v) is 14.7. The standard InChI is InChI=1S/C18H16ClN3OS/c1-12-16(17(23)21-11-9-15-4-2-3-10-20-15)24-18(22-12)13-5-7-14(19)8-6-13/h2-8,10H,9,11H2,1H3,(H,21,23). The fourth-order valence-electron chi connectivity index (χ4n) is 2.25. The molecule has 1 aromatic carbocycles. The summed E-state index contributed by atoms with van der Waals surface area (Å²) in [7, 11) is 0. The smallest absolute Gasteiger partial charge is 0.263 e. The number of aromatic nitrogens is 2. The number of halogens is 1. The summed E-state index contributed by atoms with van der Waals surface area (Å²) in [5.41, 5.74) is 2.65. The Morgan fingerprint density at radius 1 is 1.21 bits per heavy atom. The van der Waals surface area contributed by atoms with Crippen LogP contribution in [-0.2, 0) is 6.42 Å². The van der Waals surface area contributed by atoms with Gasteiger partial charge in [0.05, 0.1) is 5.69 Å². The van der Waals surface area contributed by atoms with Crippen LogP contribution in [0.25, 0.3) is 10.6 Å². The second-order valence-electron chi connectivity index (χ2n) is 5.27. The molecule has 2 aromatic heterocycles. The Kier molecular flexibility index (Phi) is 5.23. The molecule has 0 fully saturated rings. The van der Waals surface area contributed by atoms with Gasteiger partial charge < -0.3 is 5.32 Å². The fourth-order valence-corrected chi connectivity index (χ4v) is 3.37. The molecule has 24 heavy (non-hydrogen) atoms. The Hall–Kier alpha value is -2.24. The highest BCUT2D eigenvalue weighted by Crippen LogP contribution is 2.28. The van der Waals surface area contributed by atoms with Gasteiger partial charge in [0.2, 0.25) is 0 Å². The molecule has 0 aliphatic heterocycles. The molecule has 3 aromatic rings. The molecule has 0 radical (unpaired) electrons. The number of thiazole rings is 1. The van der Waals surface area contributed by atoms with Crippen molar-refractivity contribution in [1.29, 1.82) is 0 Å². The maximum absolute atomic E-state index is 12.4. The summed E-state index contributed by atoms with van der Waals surface area (Å²) in [5, 5.41) is 4.43. The van der Waals surface area contributed by atoms with Crippen molar-refractivity contribution in [2.24, 2.45) is 0 Å². The van der Waals surface area contributed by atoms with Crippen molar-refractivity contribution in [2.75, 3.05) is 6.54 Å². The van der Waals surface area contributed by atoms with Gasteiger partial charge in [-0.15, -0.1) is 11.3 Å². The third kappa shape index (κ3) is 3.99. The molecule has 0 atom stereocenters. The number of amides is 1. The van der Waals surface area contributed by atoms with Gasteiger partial charge in [-0.3, -0.25) is 9.78 Å². The van der Waals surface area contributed by atoms with Crippen LogP contribution in [0.5, 0.6) is 0 Å². The van der Waals surface area contributed by atoms with E-state index in [1.54, 1.807) is 6.20 Å². The number of benzene rings is 1. The van der Waals surface area contributed by atoms with Gasteiger partial charge in [0, 0.05) is 35.4 Å². The molecule has 0 bridgehead atoms. The van der Waals surface area contributed by atoms with E-state index in [1.807, 2.05) is 49.4 Å². The predicted octanol–water partition coefficient (Wildman–Crippen LogP) is 4.14. The van der Waals surface area contributed by atoms with Crippen LogP contribution in [0.2, 0.25) is 5.02 Å². The lowest BCUT2D eigenvalue weighted by Gasteiger charge is -2.03. The summed E-state index contributed by atoms with van der Waals surface area (Å²) in [6, 6.07) is 13.2. The molecule has 1 amide bonds. The lowest BCUT2D eigenvalue weighted by molar-refractivity contribution is 0.0957. The van der Waals surface area contributed by atoms with Crippen LogP contribution in [0.1, 0.15) is 21.1 Å². The molecule has 0 aliphatic rings. The van der Waals surface area contributed by atoms with E-state index < -0.39 is 0 Å². The number of carbonyl (C=O) groups excluding carboxylic acids is 1. The van der Waals surface area contributed by atoms with Crippen molar-refractivity contribution in [1.82, 2.24) is 15.3 Å². The first-order chi connectivity index (χ1) is 11.6. The molecule has 0 saturated carbocycles. The number of pyridine rings is 1. The highest BCUT2D eigenvalue weighted by atomic mass is 35.5. The van der Waals surface area contributed by atoms with E-state index in [0.29, 0.717) is 22.9 Å². The van der Waals surface area contributed by atoms with Gasteiger partial charge in [-0.05, 0) is 31.2 Å². The molecule has 1 N–H and O–H groups in total. The van der Waals surface area contributed by atoms with Gasteiger partial charge in [0.25, 0.3) is 5.91 Å². The van der Waals surface area contributed by atoms with Crippen molar-refractivity contribution >= 4 is 28.8 Å². The Bertz CT molecular complexity index is 831. The largest absolute Gasteiger partial charge is 0.351 e. The van der Waals surface area contributed by atoms with Crippen molar-refractivity contribution in [3.63, 3.8) is 0 Å². The average molecular weight is 358 g/mol. The minimum absolute atomic E-state index is 0.0962. The maximum atomic E-state index is 12.4. The highest BCUT2D eigenvalue weighted by molar-refractivity contribution is 7.17. The Balaban J connectivity index is 1.66. The van der Waals surface area contributed by atoms with Crippen LogP contribution in [0.15, 0.2) is 48.7 Å². The number of nitrogens with one attached hydrogen (secondary N) is 1. The van der Waals surface area contributed by atoms with Gasteiger partial charge in [-0.25, -0.2) is 4.98 Å². The van der Waals surface area contributed by atoms with Crippen LogP contribution >= 0.6 is 22.9 Å². The van der Waals surface area contributed by atoms with Gasteiger partial charge >= 0.3 is 0 Å². The normalized spacial score (nSPS) is 10.6. The molecule has 0 spiro atoms. The van der Waals surface area contributed by atoms with E-state index in [0.717, 1.165) is 22.0 Å². The first-order valence-corrected chi connectivity index (χ1v) is 8.74. The molecule has 0 saturated heterocycles. The zero-order chi connectivity index (χ0) is 16.9. The van der Waals surface area contributed by atoms with Crippen LogP contribution < -0.4 is 5.32 Å². The van der Waals surface area contributed by atoms with E-state index in [1.165, 1.54) is 11.3 Å². The monoisotopic (exact) mass is 357 g/mol. The molecule has 0 unspecified atom stereocenters. The van der Waals surface area contributed by atoms with Gasteiger partial charge in [-0.2, -0.15) is 0 Å². The summed E-state index contributed by atoms with van der Waals surface area (Å²) < 4.78 is 0. The highest BCUT2D eigenvalue weighted by Gasteiger charge is 2.15. The Morgan fingerprint density at radius 3 is 2.71 bits per heavy atom. The number of carbonyl (C=O) groups is 1. The van der Waals surface area contributed by atoms with Crippen molar-refractivity contribution in [3.8, 4) is 10.6 Å². The first kappa shape index (κ1) is 16.6. The van der Waals surface area contributed by atoms with Crippen LogP contribution in [-0.4, -0.2) is 22.4 Å². The zero-order valence-electron chi connectivity index (χ0n) is 13.1. The van der Waals surface area contributed by atoms with E-state index in [4.69, 9.17) is 11.6 Å². The average Bonchev–Trinajstić information content (AvgIpc) is 2.98. The summed E-state index contributed by atoms with van der Waals surface area (Å²) in [5.74, 6) is -0.0962. The third-order valence-corrected chi connectivity index (χ3v) is 4.94. The van der Waals surface area contributed by atoms with Crippen molar-refractivity contribution in [2.45, 2.75) is 13.3 Å². The number of hydrogen-bond donors (Lipinski definition) is 1. The summed E-state index contributed by atoms with van der Waals surface area (Å²) >= 11 is 7.30. The molecule has 6 heteroatoms. The second kappa shape index (κ2) is 7.55. The predicted molar refractivity (Wildman–Crippen MR) is 97.6 cm³/mol. The minimum atomic E-state index is -0.0962. The van der Waals surface area contributed by atoms with E-state index >= 15 is 0 Å².